The topological polar surface area (TPSA) is 85.1 Å². The molecule has 0 saturated heterocycles. The molecule has 2 amide bonds. The van der Waals surface area contributed by atoms with Gasteiger partial charge in [-0.15, -0.1) is 0 Å². The van der Waals surface area contributed by atoms with Crippen LogP contribution in [0.1, 0.15) is 16.1 Å². The van der Waals surface area contributed by atoms with Gasteiger partial charge in [0.1, 0.15) is 17.6 Å². The summed E-state index contributed by atoms with van der Waals surface area (Å²) in [6.07, 6.45) is 0.104. The first-order chi connectivity index (χ1) is 12.0. The second-order valence-electron chi connectivity index (χ2n) is 5.65. The number of nitrogens with zero attached hydrogens (tertiary/aromatic N) is 1. The maximum atomic E-state index is 13.3. The first-order valence-electron chi connectivity index (χ1n) is 7.73. The fraction of sp³-hybridized carbons (Fsp3) is 0.105. The number of nitrogens with two attached hydrogens (primary N) is 1. The van der Waals surface area contributed by atoms with Crippen molar-refractivity contribution in [2.75, 3.05) is 0 Å². The Morgan fingerprint density at radius 3 is 2.64 bits per heavy atom. The van der Waals surface area contributed by atoms with Crippen LogP contribution in [0.5, 0.6) is 0 Å². The zero-order valence-corrected chi connectivity index (χ0v) is 13.3. The Balaban J connectivity index is 1.78. The highest BCUT2D eigenvalue weighted by atomic mass is 19.1. The summed E-state index contributed by atoms with van der Waals surface area (Å²) in [6.45, 7) is 0. The molecule has 126 valence electrons. The molecule has 0 aliphatic carbocycles. The van der Waals surface area contributed by atoms with Gasteiger partial charge in [0.2, 0.25) is 5.91 Å². The number of para-hydroxylation sites is 1. The molecular formula is C19H16FN3O2. The van der Waals surface area contributed by atoms with Crippen molar-refractivity contribution in [2.45, 2.75) is 12.5 Å². The molecule has 0 saturated carbocycles. The van der Waals surface area contributed by atoms with Crippen molar-refractivity contribution in [3.8, 4) is 0 Å². The molecule has 3 rings (SSSR count). The van der Waals surface area contributed by atoms with E-state index in [1.165, 1.54) is 18.2 Å². The van der Waals surface area contributed by atoms with E-state index < -0.39 is 23.7 Å². The minimum absolute atomic E-state index is 0.104. The normalized spacial score (nSPS) is 11.9. The third-order valence-corrected chi connectivity index (χ3v) is 3.81. The first-order valence-corrected chi connectivity index (χ1v) is 7.73. The summed E-state index contributed by atoms with van der Waals surface area (Å²) in [5, 5.41) is 3.47. The molecule has 5 nitrogen and oxygen atoms in total. The van der Waals surface area contributed by atoms with Crippen LogP contribution < -0.4 is 11.1 Å². The van der Waals surface area contributed by atoms with Crippen molar-refractivity contribution < 1.29 is 14.0 Å². The molecule has 1 heterocycles. The van der Waals surface area contributed by atoms with E-state index in [4.69, 9.17) is 5.73 Å². The number of hydrogen-bond acceptors (Lipinski definition) is 3. The molecule has 6 heteroatoms. The Kier molecular flexibility index (Phi) is 4.70. The van der Waals surface area contributed by atoms with E-state index >= 15 is 0 Å². The molecule has 0 unspecified atom stereocenters. The second kappa shape index (κ2) is 7.09. The van der Waals surface area contributed by atoms with Crippen molar-refractivity contribution in [3.63, 3.8) is 0 Å². The van der Waals surface area contributed by atoms with Crippen LogP contribution in [0.3, 0.4) is 0 Å². The summed E-state index contributed by atoms with van der Waals surface area (Å²) in [4.78, 5) is 28.4. The molecule has 1 aromatic heterocycles. The van der Waals surface area contributed by atoms with E-state index in [0.717, 1.165) is 5.39 Å². The fourth-order valence-corrected chi connectivity index (χ4v) is 2.55. The summed E-state index contributed by atoms with van der Waals surface area (Å²) in [7, 11) is 0. The number of hydrogen-bond donors (Lipinski definition) is 2. The minimum atomic E-state index is -0.956. The molecule has 0 bridgehead atoms. The number of pyridine rings is 1. The number of halogens is 1. The molecule has 1 atom stereocenters. The van der Waals surface area contributed by atoms with Crippen molar-refractivity contribution in [1.82, 2.24) is 10.3 Å². The number of fused-ring (bicyclic) bond motifs is 1. The lowest BCUT2D eigenvalue weighted by molar-refractivity contribution is -0.119. The van der Waals surface area contributed by atoms with E-state index in [1.807, 2.05) is 18.2 Å². The number of carbonyl (C=O) groups excluding carboxylic acids is 2. The van der Waals surface area contributed by atoms with Crippen LogP contribution in [0.2, 0.25) is 0 Å². The number of nitrogens with one attached hydrogen (secondary N) is 1. The second-order valence-corrected chi connectivity index (χ2v) is 5.65. The number of amides is 2. The van der Waals surface area contributed by atoms with Gasteiger partial charge in [0.25, 0.3) is 5.91 Å². The van der Waals surface area contributed by atoms with Crippen molar-refractivity contribution in [1.29, 1.82) is 0 Å². The van der Waals surface area contributed by atoms with E-state index in [-0.39, 0.29) is 12.1 Å². The average Bonchev–Trinajstić information content (AvgIpc) is 2.60. The number of rotatable bonds is 5. The van der Waals surface area contributed by atoms with Gasteiger partial charge in [-0.05, 0) is 29.8 Å². The maximum Gasteiger partial charge on any atom is 0.270 e. The lowest BCUT2D eigenvalue weighted by Crippen LogP contribution is -2.46. The molecule has 25 heavy (non-hydrogen) atoms. The Bertz CT molecular complexity index is 943. The predicted molar refractivity (Wildman–Crippen MR) is 92.3 cm³/mol. The monoisotopic (exact) mass is 337 g/mol. The molecule has 0 radical (unpaired) electrons. The molecule has 3 N–H and O–H groups in total. The van der Waals surface area contributed by atoms with Gasteiger partial charge < -0.3 is 11.1 Å². The van der Waals surface area contributed by atoms with Gasteiger partial charge in [-0.1, -0.05) is 36.4 Å². The lowest BCUT2D eigenvalue weighted by atomic mass is 10.0. The number of primary amides is 1. The molecule has 0 fully saturated rings. The zero-order chi connectivity index (χ0) is 17.8. The Labute approximate surface area is 143 Å². The van der Waals surface area contributed by atoms with Crippen LogP contribution in [0.25, 0.3) is 10.9 Å². The van der Waals surface area contributed by atoms with Gasteiger partial charge >= 0.3 is 0 Å². The standard InChI is InChI=1S/C19H16FN3O2/c20-14-6-3-4-12(10-14)11-17(18(21)24)23-19(25)16-9-8-13-5-1-2-7-15(13)22-16/h1-10,17H,11H2,(H2,21,24)(H,23,25)/t17-/m0/s1. The van der Waals surface area contributed by atoms with Gasteiger partial charge in [-0.3, -0.25) is 9.59 Å². The van der Waals surface area contributed by atoms with Crippen molar-refractivity contribution >= 4 is 22.7 Å². The van der Waals surface area contributed by atoms with Crippen molar-refractivity contribution in [2.24, 2.45) is 5.73 Å². The third-order valence-electron chi connectivity index (χ3n) is 3.81. The average molecular weight is 337 g/mol. The van der Waals surface area contributed by atoms with E-state index in [0.29, 0.717) is 11.1 Å². The summed E-state index contributed by atoms with van der Waals surface area (Å²) < 4.78 is 13.3. The predicted octanol–water partition coefficient (Wildman–Crippen LogP) is 2.20. The molecular weight excluding hydrogens is 321 g/mol. The smallest absolute Gasteiger partial charge is 0.270 e. The van der Waals surface area contributed by atoms with Crippen LogP contribution >= 0.6 is 0 Å². The third kappa shape index (κ3) is 3.98. The zero-order valence-electron chi connectivity index (χ0n) is 13.3. The molecule has 0 spiro atoms. The van der Waals surface area contributed by atoms with E-state index in [9.17, 15) is 14.0 Å². The highest BCUT2D eigenvalue weighted by Crippen LogP contribution is 2.12. The van der Waals surface area contributed by atoms with Gasteiger partial charge in [0.05, 0.1) is 5.52 Å². The Hall–Kier alpha value is -3.28. The number of benzene rings is 2. The van der Waals surface area contributed by atoms with Gasteiger partial charge in [-0.25, -0.2) is 9.37 Å². The molecule has 2 aromatic carbocycles. The van der Waals surface area contributed by atoms with Crippen molar-refractivity contribution in [3.05, 3.63) is 77.7 Å². The Morgan fingerprint density at radius 2 is 1.88 bits per heavy atom. The molecule has 0 aliphatic rings. The minimum Gasteiger partial charge on any atom is -0.368 e. The number of aromatic nitrogens is 1. The summed E-state index contributed by atoms with van der Waals surface area (Å²) in [5.74, 6) is -1.62. The van der Waals surface area contributed by atoms with Crippen LogP contribution in [0.4, 0.5) is 4.39 Å². The SMILES string of the molecule is NC(=O)[C@H](Cc1cccc(F)c1)NC(=O)c1ccc2ccccc2n1. The summed E-state index contributed by atoms with van der Waals surface area (Å²) in [6, 6.07) is 15.6. The Morgan fingerprint density at radius 1 is 1.08 bits per heavy atom. The van der Waals surface area contributed by atoms with E-state index in [1.54, 1.807) is 24.3 Å². The largest absolute Gasteiger partial charge is 0.368 e. The quantitative estimate of drug-likeness (QED) is 0.748. The maximum absolute atomic E-state index is 13.3. The van der Waals surface area contributed by atoms with Crippen LogP contribution in [0.15, 0.2) is 60.7 Å². The lowest BCUT2D eigenvalue weighted by Gasteiger charge is -2.15. The first kappa shape index (κ1) is 16.6. The highest BCUT2D eigenvalue weighted by molar-refractivity contribution is 5.97. The van der Waals surface area contributed by atoms with Crippen LogP contribution in [-0.4, -0.2) is 22.8 Å². The van der Waals surface area contributed by atoms with Gasteiger partial charge in [0, 0.05) is 11.8 Å². The fourth-order valence-electron chi connectivity index (χ4n) is 2.55. The van der Waals surface area contributed by atoms with Crippen LogP contribution in [-0.2, 0) is 11.2 Å². The summed E-state index contributed by atoms with van der Waals surface area (Å²) in [5.41, 5.74) is 6.80. The van der Waals surface area contributed by atoms with Gasteiger partial charge in [0.15, 0.2) is 0 Å². The molecule has 0 aliphatic heterocycles. The van der Waals surface area contributed by atoms with Gasteiger partial charge in [-0.2, -0.15) is 0 Å². The van der Waals surface area contributed by atoms with E-state index in [2.05, 4.69) is 10.3 Å². The highest BCUT2D eigenvalue weighted by Gasteiger charge is 2.20. The number of carbonyl (C=O) groups is 2. The van der Waals surface area contributed by atoms with Crippen LogP contribution in [0, 0.1) is 5.82 Å². The molecule has 3 aromatic rings. The summed E-state index contributed by atoms with van der Waals surface area (Å²) >= 11 is 0.